The minimum absolute atomic E-state index is 0.0607. The zero-order valence-electron chi connectivity index (χ0n) is 8.74. The number of amides is 1. The number of carbonyl (C=O) groups is 1. The maximum absolute atomic E-state index is 11.8. The molecule has 6 heteroatoms. The average molecular weight is 241 g/mol. The Labute approximate surface area is 98.6 Å². The molecule has 1 atom stereocenters. The van der Waals surface area contributed by atoms with Crippen LogP contribution < -0.4 is 10.6 Å². The van der Waals surface area contributed by atoms with Crippen LogP contribution in [0, 0.1) is 0 Å². The molecule has 1 aromatic rings. The number of nitrogens with zero attached hydrogens (tertiary/aromatic N) is 2. The smallest absolute Gasteiger partial charge is 0.242 e. The van der Waals surface area contributed by atoms with Gasteiger partial charge in [-0.2, -0.15) is 0 Å². The van der Waals surface area contributed by atoms with Gasteiger partial charge in [-0.1, -0.05) is 6.42 Å². The third-order valence-electron chi connectivity index (χ3n) is 2.50. The second kappa shape index (κ2) is 5.23. The first kappa shape index (κ1) is 11.3. The highest BCUT2D eigenvalue weighted by atomic mass is 35.5. The van der Waals surface area contributed by atoms with Crippen molar-refractivity contribution in [3.8, 4) is 0 Å². The predicted octanol–water partition coefficient (Wildman–Crippen LogP) is 1.21. The highest BCUT2D eigenvalue weighted by Gasteiger charge is 2.20. The molecule has 0 bridgehead atoms. The van der Waals surface area contributed by atoms with Gasteiger partial charge < -0.3 is 10.6 Å². The van der Waals surface area contributed by atoms with Crippen molar-refractivity contribution in [1.29, 1.82) is 0 Å². The molecule has 1 aromatic heterocycles. The molecule has 2 rings (SSSR count). The zero-order chi connectivity index (χ0) is 11.4. The number of carbonyl (C=O) groups excluding carboxylic acids is 1. The molecule has 5 nitrogen and oxygen atoms in total. The van der Waals surface area contributed by atoms with E-state index in [0.717, 1.165) is 25.8 Å². The molecule has 16 heavy (non-hydrogen) atoms. The Bertz CT molecular complexity index is 379. The normalized spacial score (nSPS) is 20.4. The summed E-state index contributed by atoms with van der Waals surface area (Å²) in [5.41, 5.74) is 0. The Morgan fingerprint density at radius 1 is 1.56 bits per heavy atom. The lowest BCUT2D eigenvalue weighted by molar-refractivity contribution is -0.118. The third-order valence-corrected chi connectivity index (χ3v) is 2.69. The van der Waals surface area contributed by atoms with Crippen LogP contribution in [0.15, 0.2) is 12.3 Å². The Hall–Kier alpha value is -1.20. The Morgan fingerprint density at radius 2 is 2.44 bits per heavy atom. The molecule has 0 saturated carbocycles. The predicted molar refractivity (Wildman–Crippen MR) is 61.3 cm³/mol. The zero-order valence-corrected chi connectivity index (χ0v) is 9.50. The number of hydrogen-bond acceptors (Lipinski definition) is 4. The lowest BCUT2D eigenvalue weighted by Gasteiger charge is -2.22. The molecule has 1 fully saturated rings. The SMILES string of the molecule is O=C(Nc1ccnc(Cl)n1)C1CCCCN1. The van der Waals surface area contributed by atoms with E-state index in [1.54, 1.807) is 6.07 Å². The van der Waals surface area contributed by atoms with Gasteiger partial charge in [0.05, 0.1) is 6.04 Å². The fourth-order valence-electron chi connectivity index (χ4n) is 1.69. The summed E-state index contributed by atoms with van der Waals surface area (Å²) in [6, 6.07) is 1.49. The van der Waals surface area contributed by atoms with Crippen molar-refractivity contribution in [2.45, 2.75) is 25.3 Å². The van der Waals surface area contributed by atoms with Gasteiger partial charge in [0.2, 0.25) is 11.2 Å². The van der Waals surface area contributed by atoms with Crippen molar-refractivity contribution in [2.75, 3.05) is 11.9 Å². The monoisotopic (exact) mass is 240 g/mol. The minimum atomic E-state index is -0.123. The van der Waals surface area contributed by atoms with E-state index < -0.39 is 0 Å². The lowest BCUT2D eigenvalue weighted by atomic mass is 10.0. The third kappa shape index (κ3) is 2.90. The van der Waals surface area contributed by atoms with Gasteiger partial charge in [0.1, 0.15) is 5.82 Å². The number of aromatic nitrogens is 2. The molecular formula is C10H13ClN4O. The van der Waals surface area contributed by atoms with E-state index in [-0.39, 0.29) is 17.2 Å². The molecule has 0 radical (unpaired) electrons. The first-order valence-corrected chi connectivity index (χ1v) is 5.66. The van der Waals surface area contributed by atoms with E-state index in [1.165, 1.54) is 6.20 Å². The molecule has 86 valence electrons. The molecule has 1 unspecified atom stereocenters. The molecule has 1 amide bonds. The highest BCUT2D eigenvalue weighted by molar-refractivity contribution is 6.28. The van der Waals surface area contributed by atoms with Crippen LogP contribution in [0.25, 0.3) is 0 Å². The summed E-state index contributed by atoms with van der Waals surface area (Å²) in [7, 11) is 0. The molecule has 2 N–H and O–H groups in total. The summed E-state index contributed by atoms with van der Waals surface area (Å²) in [5.74, 6) is 0.381. The number of piperidine rings is 1. The fraction of sp³-hybridized carbons (Fsp3) is 0.500. The molecule has 1 aliphatic rings. The fourth-order valence-corrected chi connectivity index (χ4v) is 1.84. The quantitative estimate of drug-likeness (QED) is 0.763. The van der Waals surface area contributed by atoms with Crippen molar-refractivity contribution >= 4 is 23.3 Å². The topological polar surface area (TPSA) is 66.9 Å². The van der Waals surface area contributed by atoms with Crippen molar-refractivity contribution in [3.63, 3.8) is 0 Å². The first-order valence-electron chi connectivity index (χ1n) is 5.28. The van der Waals surface area contributed by atoms with Crippen LogP contribution in [0.1, 0.15) is 19.3 Å². The Morgan fingerprint density at radius 3 is 3.12 bits per heavy atom. The van der Waals surface area contributed by atoms with Gasteiger partial charge in [-0.15, -0.1) is 0 Å². The van der Waals surface area contributed by atoms with E-state index in [2.05, 4.69) is 20.6 Å². The number of anilines is 1. The molecule has 0 spiro atoms. The van der Waals surface area contributed by atoms with Gasteiger partial charge >= 0.3 is 0 Å². The summed E-state index contributed by atoms with van der Waals surface area (Å²) < 4.78 is 0. The van der Waals surface area contributed by atoms with E-state index in [9.17, 15) is 4.79 Å². The van der Waals surface area contributed by atoms with E-state index in [4.69, 9.17) is 11.6 Å². The average Bonchev–Trinajstić information content (AvgIpc) is 2.30. The number of hydrogen-bond donors (Lipinski definition) is 2. The summed E-state index contributed by atoms with van der Waals surface area (Å²) in [6.45, 7) is 0.891. The molecule has 1 saturated heterocycles. The standard InChI is InChI=1S/C10H13ClN4O/c11-10-13-6-4-8(15-10)14-9(16)7-3-1-2-5-12-7/h4,6-7,12H,1-3,5H2,(H,13,14,15,16). The van der Waals surface area contributed by atoms with Crippen LogP contribution in [0.5, 0.6) is 0 Å². The maximum atomic E-state index is 11.8. The minimum Gasteiger partial charge on any atom is -0.309 e. The van der Waals surface area contributed by atoms with Gasteiger partial charge in [-0.05, 0) is 37.1 Å². The van der Waals surface area contributed by atoms with Crippen LogP contribution >= 0.6 is 11.6 Å². The van der Waals surface area contributed by atoms with Crippen LogP contribution in [0.2, 0.25) is 5.28 Å². The van der Waals surface area contributed by atoms with E-state index in [0.29, 0.717) is 5.82 Å². The van der Waals surface area contributed by atoms with Gasteiger partial charge in [-0.25, -0.2) is 9.97 Å². The molecular weight excluding hydrogens is 228 g/mol. The van der Waals surface area contributed by atoms with Crippen molar-refractivity contribution in [1.82, 2.24) is 15.3 Å². The highest BCUT2D eigenvalue weighted by Crippen LogP contribution is 2.10. The number of rotatable bonds is 2. The van der Waals surface area contributed by atoms with Gasteiger partial charge in [0.25, 0.3) is 0 Å². The van der Waals surface area contributed by atoms with Crippen LogP contribution in [0.3, 0.4) is 0 Å². The van der Waals surface area contributed by atoms with Crippen molar-refractivity contribution in [3.05, 3.63) is 17.5 Å². The Kier molecular flexibility index (Phi) is 3.69. The Balaban J connectivity index is 1.96. The van der Waals surface area contributed by atoms with E-state index >= 15 is 0 Å². The van der Waals surface area contributed by atoms with Crippen molar-refractivity contribution in [2.24, 2.45) is 0 Å². The van der Waals surface area contributed by atoms with E-state index in [1.807, 2.05) is 0 Å². The van der Waals surface area contributed by atoms with Crippen LogP contribution in [0.4, 0.5) is 5.82 Å². The summed E-state index contributed by atoms with van der Waals surface area (Å²) >= 11 is 5.62. The first-order chi connectivity index (χ1) is 7.75. The second-order valence-corrected chi connectivity index (χ2v) is 4.04. The number of halogens is 1. The number of nitrogens with one attached hydrogen (secondary N) is 2. The van der Waals surface area contributed by atoms with Gasteiger partial charge in [-0.3, -0.25) is 4.79 Å². The van der Waals surface area contributed by atoms with Crippen LogP contribution in [-0.4, -0.2) is 28.5 Å². The van der Waals surface area contributed by atoms with Gasteiger partial charge in [0, 0.05) is 6.20 Å². The van der Waals surface area contributed by atoms with Crippen molar-refractivity contribution < 1.29 is 4.79 Å². The lowest BCUT2D eigenvalue weighted by Crippen LogP contribution is -2.43. The maximum Gasteiger partial charge on any atom is 0.242 e. The van der Waals surface area contributed by atoms with Crippen LogP contribution in [-0.2, 0) is 4.79 Å². The summed E-state index contributed by atoms with van der Waals surface area (Å²) in [6.07, 6.45) is 4.59. The molecule has 0 aromatic carbocycles. The molecule has 2 heterocycles. The summed E-state index contributed by atoms with van der Waals surface area (Å²) in [5, 5.41) is 6.01. The second-order valence-electron chi connectivity index (χ2n) is 3.70. The summed E-state index contributed by atoms with van der Waals surface area (Å²) in [4.78, 5) is 19.5. The largest absolute Gasteiger partial charge is 0.309 e. The van der Waals surface area contributed by atoms with Gasteiger partial charge in [0.15, 0.2) is 0 Å². The molecule has 1 aliphatic heterocycles. The molecule has 0 aliphatic carbocycles.